The van der Waals surface area contributed by atoms with Gasteiger partial charge in [0, 0.05) is 26.4 Å². The van der Waals surface area contributed by atoms with Crippen molar-refractivity contribution in [3.05, 3.63) is 0 Å². The summed E-state index contributed by atoms with van der Waals surface area (Å²) in [5, 5.41) is 0. The minimum absolute atomic E-state index is 0. The van der Waals surface area contributed by atoms with E-state index in [1.165, 1.54) is 0 Å². The van der Waals surface area contributed by atoms with Gasteiger partial charge in [-0.3, -0.25) is 0 Å². The van der Waals surface area contributed by atoms with Crippen LogP contribution in [0, 0.1) is 0 Å². The van der Waals surface area contributed by atoms with Crippen LogP contribution >= 0.6 is 0 Å². The van der Waals surface area contributed by atoms with Gasteiger partial charge in [0.2, 0.25) is 0 Å². The van der Waals surface area contributed by atoms with Gasteiger partial charge >= 0.3 is 47.7 Å². The van der Waals surface area contributed by atoms with Crippen LogP contribution in [0.3, 0.4) is 0 Å². The maximum atomic E-state index is 7.33. The molecule has 0 radical (unpaired) electrons. The first kappa shape index (κ1) is 25.1. The molecule has 0 aliphatic rings. The van der Waals surface area contributed by atoms with Crippen molar-refractivity contribution in [2.45, 2.75) is 27.7 Å². The van der Waals surface area contributed by atoms with Crippen LogP contribution in [0.4, 0.5) is 0 Å². The number of rotatable bonds is 8. The minimum atomic E-state index is -4.61. The van der Waals surface area contributed by atoms with Crippen LogP contribution in [0.5, 0.6) is 0 Å². The number of hydrogen-bond acceptors (Lipinski definition) is 8. The second-order valence-electron chi connectivity index (χ2n) is 2.83. The maximum Gasteiger partial charge on any atom is 1.00 e. The molecule has 8 nitrogen and oxygen atoms in total. The van der Waals surface area contributed by atoms with E-state index in [1.54, 1.807) is 0 Å². The van der Waals surface area contributed by atoms with Crippen LogP contribution in [-0.2, 0) is 17.7 Å². The van der Waals surface area contributed by atoms with Gasteiger partial charge in [-0.15, -0.1) is 0 Å². The third-order valence-corrected chi connectivity index (χ3v) is 3.85. The first-order valence-corrected chi connectivity index (χ1v) is 9.12. The van der Waals surface area contributed by atoms with Gasteiger partial charge in [0.15, 0.2) is 0 Å². The summed E-state index contributed by atoms with van der Waals surface area (Å²) < 4.78 is 21.7. The smallest absolute Gasteiger partial charge is 1.00 e. The Balaban J connectivity index is -0.000000158. The van der Waals surface area contributed by atoms with Crippen molar-refractivity contribution in [3.63, 3.8) is 0 Å². The third kappa shape index (κ3) is 19.1. The predicted octanol–water partition coefficient (Wildman–Crippen LogP) is -3.92. The summed E-state index contributed by atoms with van der Waals surface area (Å²) >= 11 is 0. The fourth-order valence-corrected chi connectivity index (χ4v) is 2.87. The molecule has 0 unspecified atom stereocenters. The first-order chi connectivity index (χ1) is 8.24. The largest absolute Gasteiger partial charge is 1.00 e. The molecule has 0 rings (SSSR count). The topological polar surface area (TPSA) is 118 Å². The monoisotopic (exact) mass is 328 g/mol. The van der Waals surface area contributed by atoms with Gasteiger partial charge in [0.25, 0.3) is 0 Å². The molecule has 19 heavy (non-hydrogen) atoms. The fraction of sp³-hybridized carbons (Fsp3) is 1.00. The Morgan fingerprint density at radius 1 is 0.684 bits per heavy atom. The molecule has 0 aliphatic carbocycles. The molecule has 0 atom stereocenters. The van der Waals surface area contributed by atoms with Gasteiger partial charge in [0.05, 0.1) is 0 Å². The maximum absolute atomic E-state index is 7.33. The van der Waals surface area contributed by atoms with Crippen molar-refractivity contribution in [1.82, 2.24) is 0 Å². The van der Waals surface area contributed by atoms with Crippen LogP contribution in [0.15, 0.2) is 0 Å². The van der Waals surface area contributed by atoms with E-state index in [2.05, 4.69) is 0 Å². The summed E-state index contributed by atoms with van der Waals surface area (Å²) in [6.07, 6.45) is 0. The molecule has 0 fully saturated rings. The summed E-state index contributed by atoms with van der Waals surface area (Å²) in [6, 6.07) is 0. The van der Waals surface area contributed by atoms with Crippen LogP contribution < -0.4 is 29.6 Å². The molecule has 0 aromatic heterocycles. The molecule has 0 spiro atoms. The molecule has 0 bridgehead atoms. The minimum Gasteiger partial charge on any atom is -1.00 e. The van der Waals surface area contributed by atoms with E-state index in [9.17, 15) is 0 Å². The van der Waals surface area contributed by atoms with Crippen molar-refractivity contribution < 1.29 is 67.9 Å². The molecule has 0 amide bonds. The summed E-state index contributed by atoms with van der Waals surface area (Å²) in [7, 11) is -7.41. The number of hydrogen-bond donors (Lipinski definition) is 4. The Labute approximate surface area is 140 Å². The molecule has 11 heteroatoms. The molecule has 114 valence electrons. The van der Waals surface area contributed by atoms with Crippen LogP contribution in [-0.4, -0.2) is 63.7 Å². The zero-order chi connectivity index (χ0) is 14.7. The Morgan fingerprint density at radius 3 is 0.947 bits per heavy atom. The van der Waals surface area contributed by atoms with Gasteiger partial charge in [-0.05, 0) is 27.7 Å². The van der Waals surface area contributed by atoms with Gasteiger partial charge in [-0.25, -0.2) is 0 Å². The second-order valence-corrected chi connectivity index (χ2v) is 6.19. The zero-order valence-electron chi connectivity index (χ0n) is 13.3. The zero-order valence-corrected chi connectivity index (χ0v) is 16.3. The van der Waals surface area contributed by atoms with E-state index in [-0.39, 0.29) is 31.0 Å². The molecular formula is C8H25NaO8Si2. The van der Waals surface area contributed by atoms with Crippen molar-refractivity contribution in [2.75, 3.05) is 26.4 Å². The van der Waals surface area contributed by atoms with Crippen LogP contribution in [0.25, 0.3) is 0 Å². The molecule has 4 N–H and O–H groups in total. The molecule has 0 aromatic carbocycles. The molecule has 0 saturated heterocycles. The summed E-state index contributed by atoms with van der Waals surface area (Å²) in [5.74, 6) is 0. The van der Waals surface area contributed by atoms with Crippen molar-refractivity contribution >= 4 is 18.1 Å². The standard InChI is InChI=1S/C8H20O4Si.Na.H4O4Si.H/c1-5-9-13(10-6-2,11-7-3)12-8-4;;1-5(2,3)4;/h5-8H2,1-4H3;;1-4H;/q;+1;;-1. The Kier molecular flexibility index (Phi) is 18.6. The van der Waals surface area contributed by atoms with E-state index in [4.69, 9.17) is 36.9 Å². The van der Waals surface area contributed by atoms with E-state index in [1.807, 2.05) is 27.7 Å². The van der Waals surface area contributed by atoms with Crippen molar-refractivity contribution in [3.8, 4) is 0 Å². The van der Waals surface area contributed by atoms with Gasteiger partial charge < -0.3 is 38.3 Å². The van der Waals surface area contributed by atoms with E-state index in [0.717, 1.165) is 0 Å². The quantitative estimate of drug-likeness (QED) is 0.334. The first-order valence-electron chi connectivity index (χ1n) is 5.69. The van der Waals surface area contributed by atoms with Crippen LogP contribution in [0.2, 0.25) is 0 Å². The summed E-state index contributed by atoms with van der Waals surface area (Å²) in [5.41, 5.74) is 0. The Bertz CT molecular complexity index is 162. The molecule has 0 heterocycles. The van der Waals surface area contributed by atoms with E-state index < -0.39 is 18.1 Å². The van der Waals surface area contributed by atoms with Crippen molar-refractivity contribution in [1.29, 1.82) is 0 Å². The molecular weight excluding hydrogens is 303 g/mol. The average Bonchev–Trinajstić information content (AvgIpc) is 2.16. The Hall–Kier alpha value is 1.11. The second kappa shape index (κ2) is 14.1. The van der Waals surface area contributed by atoms with Gasteiger partial charge in [0.1, 0.15) is 0 Å². The van der Waals surface area contributed by atoms with E-state index >= 15 is 0 Å². The normalized spacial score (nSPS) is 11.4. The average molecular weight is 328 g/mol. The SMILES string of the molecule is CCO[Si](OCC)(OCC)OCC.O[Si](O)(O)O.[H-].[Na+]. The van der Waals surface area contributed by atoms with E-state index in [0.29, 0.717) is 26.4 Å². The van der Waals surface area contributed by atoms with Crippen LogP contribution in [0.1, 0.15) is 29.1 Å². The fourth-order valence-electron chi connectivity index (χ4n) is 0.957. The summed E-state index contributed by atoms with van der Waals surface area (Å²) in [4.78, 5) is 29.3. The molecule has 0 saturated carbocycles. The van der Waals surface area contributed by atoms with Gasteiger partial charge in [-0.2, -0.15) is 0 Å². The molecule has 0 aliphatic heterocycles. The molecule has 0 aromatic rings. The third-order valence-electron chi connectivity index (χ3n) is 1.28. The van der Waals surface area contributed by atoms with Gasteiger partial charge in [-0.1, -0.05) is 0 Å². The summed E-state index contributed by atoms with van der Waals surface area (Å²) in [6.45, 7) is 9.80. The Morgan fingerprint density at radius 2 is 0.842 bits per heavy atom. The van der Waals surface area contributed by atoms with Crippen molar-refractivity contribution in [2.24, 2.45) is 0 Å². The predicted molar refractivity (Wildman–Crippen MR) is 68.0 cm³/mol.